The maximum atomic E-state index is 12.4. The van der Waals surface area contributed by atoms with E-state index in [1.165, 1.54) is 4.31 Å². The summed E-state index contributed by atoms with van der Waals surface area (Å²) in [5, 5.41) is 8.90. The maximum absolute atomic E-state index is 12.4. The molecule has 0 bridgehead atoms. The Morgan fingerprint density at radius 3 is 2.43 bits per heavy atom. The van der Waals surface area contributed by atoms with Crippen molar-refractivity contribution in [3.63, 3.8) is 0 Å². The van der Waals surface area contributed by atoms with E-state index in [0.717, 1.165) is 11.1 Å². The summed E-state index contributed by atoms with van der Waals surface area (Å²) in [6.45, 7) is 3.43. The van der Waals surface area contributed by atoms with Crippen LogP contribution in [0.5, 0.6) is 0 Å². The fraction of sp³-hybridized carbons (Fsp3) is 0.571. The van der Waals surface area contributed by atoms with Gasteiger partial charge in [-0.25, -0.2) is 8.42 Å². The summed E-state index contributed by atoms with van der Waals surface area (Å²) in [5.41, 5.74) is 7.30. The second kappa shape index (κ2) is 7.33. The molecule has 1 saturated heterocycles. The molecule has 21 heavy (non-hydrogen) atoms. The zero-order valence-corrected chi connectivity index (χ0v) is 12.9. The second-order valence-electron chi connectivity index (χ2n) is 5.24. The van der Waals surface area contributed by atoms with Crippen LogP contribution >= 0.6 is 0 Å². The summed E-state index contributed by atoms with van der Waals surface area (Å²) >= 11 is 0. The zero-order valence-electron chi connectivity index (χ0n) is 12.1. The predicted octanol–water partition coefficient (Wildman–Crippen LogP) is -0.415. The van der Waals surface area contributed by atoms with Crippen molar-refractivity contribution in [1.82, 2.24) is 9.21 Å². The van der Waals surface area contributed by atoms with Crippen LogP contribution in [0.15, 0.2) is 24.3 Å². The molecule has 6 nitrogen and oxygen atoms in total. The first-order valence-corrected chi connectivity index (χ1v) is 8.75. The molecule has 3 N–H and O–H groups in total. The number of nitrogens with zero attached hydrogens (tertiary/aromatic N) is 2. The molecule has 1 aliphatic heterocycles. The molecule has 0 spiro atoms. The SMILES string of the molecule is NCc1cccc(CS(=O)(=O)N2CCN(CCO)CC2)c1. The van der Waals surface area contributed by atoms with Crippen molar-refractivity contribution in [2.75, 3.05) is 39.3 Å². The third-order valence-corrected chi connectivity index (χ3v) is 5.57. The fourth-order valence-corrected chi connectivity index (χ4v) is 4.02. The Bertz CT molecular complexity index is 554. The highest BCUT2D eigenvalue weighted by atomic mass is 32.2. The van der Waals surface area contributed by atoms with Crippen molar-refractivity contribution < 1.29 is 13.5 Å². The topological polar surface area (TPSA) is 86.9 Å². The minimum absolute atomic E-state index is 0.0147. The zero-order chi connectivity index (χ0) is 15.3. The van der Waals surface area contributed by atoms with Gasteiger partial charge in [0, 0.05) is 39.3 Å². The van der Waals surface area contributed by atoms with Crippen LogP contribution < -0.4 is 5.73 Å². The van der Waals surface area contributed by atoms with Crippen LogP contribution in [-0.4, -0.2) is 62.1 Å². The average Bonchev–Trinajstić information content (AvgIpc) is 2.48. The number of aliphatic hydroxyl groups is 1. The summed E-state index contributed by atoms with van der Waals surface area (Å²) in [7, 11) is -3.30. The van der Waals surface area contributed by atoms with Gasteiger partial charge in [0.25, 0.3) is 0 Å². The highest BCUT2D eigenvalue weighted by Crippen LogP contribution is 2.14. The van der Waals surface area contributed by atoms with Gasteiger partial charge in [0.05, 0.1) is 12.4 Å². The number of aliphatic hydroxyl groups excluding tert-OH is 1. The molecule has 0 amide bonds. The minimum atomic E-state index is -3.30. The average molecular weight is 313 g/mol. The Hall–Kier alpha value is -0.990. The van der Waals surface area contributed by atoms with Gasteiger partial charge in [0.2, 0.25) is 10.0 Å². The van der Waals surface area contributed by atoms with E-state index in [-0.39, 0.29) is 12.4 Å². The first-order valence-electron chi connectivity index (χ1n) is 7.14. The van der Waals surface area contributed by atoms with Crippen molar-refractivity contribution in [2.24, 2.45) is 5.73 Å². The molecule has 1 aromatic rings. The Kier molecular flexibility index (Phi) is 5.72. The van der Waals surface area contributed by atoms with Crippen molar-refractivity contribution in [3.05, 3.63) is 35.4 Å². The Morgan fingerprint density at radius 2 is 1.81 bits per heavy atom. The van der Waals surface area contributed by atoms with E-state index >= 15 is 0 Å². The Morgan fingerprint density at radius 1 is 1.14 bits per heavy atom. The number of β-amino-alcohol motifs (C(OH)–C–C–N with tert-alkyl or cyclic N) is 1. The summed E-state index contributed by atoms with van der Waals surface area (Å²) in [6, 6.07) is 7.40. The number of sulfonamides is 1. The van der Waals surface area contributed by atoms with Gasteiger partial charge in [-0.1, -0.05) is 24.3 Å². The van der Waals surface area contributed by atoms with Gasteiger partial charge in [-0.3, -0.25) is 4.90 Å². The third kappa shape index (κ3) is 4.49. The molecule has 1 aliphatic rings. The van der Waals surface area contributed by atoms with Crippen molar-refractivity contribution >= 4 is 10.0 Å². The van der Waals surface area contributed by atoms with Crippen molar-refractivity contribution in [1.29, 1.82) is 0 Å². The van der Waals surface area contributed by atoms with Gasteiger partial charge in [-0.2, -0.15) is 4.31 Å². The second-order valence-corrected chi connectivity index (χ2v) is 7.21. The van der Waals surface area contributed by atoms with E-state index in [9.17, 15) is 8.42 Å². The fourth-order valence-electron chi connectivity index (χ4n) is 2.52. The van der Waals surface area contributed by atoms with Gasteiger partial charge in [-0.05, 0) is 11.1 Å². The predicted molar refractivity (Wildman–Crippen MR) is 82.1 cm³/mol. The lowest BCUT2D eigenvalue weighted by molar-refractivity contribution is 0.151. The van der Waals surface area contributed by atoms with Crippen LogP contribution in [0.2, 0.25) is 0 Å². The lowest BCUT2D eigenvalue weighted by Gasteiger charge is -2.33. The molecule has 1 aromatic carbocycles. The number of hydrogen-bond donors (Lipinski definition) is 2. The molecule has 0 radical (unpaired) electrons. The Labute approximate surface area is 126 Å². The lowest BCUT2D eigenvalue weighted by Crippen LogP contribution is -2.49. The summed E-state index contributed by atoms with van der Waals surface area (Å²) in [5.74, 6) is 0.0147. The molecule has 2 rings (SSSR count). The van der Waals surface area contributed by atoms with Crippen LogP contribution in [-0.2, 0) is 22.3 Å². The standard InChI is InChI=1S/C14H23N3O3S/c15-11-13-2-1-3-14(10-13)12-21(19,20)17-6-4-16(5-7-17)8-9-18/h1-3,10,18H,4-9,11-12,15H2. The number of piperazine rings is 1. The number of rotatable bonds is 6. The molecule has 0 aromatic heterocycles. The van der Waals surface area contributed by atoms with Gasteiger partial charge in [0.1, 0.15) is 0 Å². The summed E-state index contributed by atoms with van der Waals surface area (Å²) < 4.78 is 26.4. The van der Waals surface area contributed by atoms with Gasteiger partial charge < -0.3 is 10.8 Å². The smallest absolute Gasteiger partial charge is 0.218 e. The molecule has 1 fully saturated rings. The van der Waals surface area contributed by atoms with Crippen LogP contribution in [0, 0.1) is 0 Å². The third-order valence-electron chi connectivity index (χ3n) is 3.72. The van der Waals surface area contributed by atoms with E-state index in [1.54, 1.807) is 0 Å². The maximum Gasteiger partial charge on any atom is 0.218 e. The van der Waals surface area contributed by atoms with E-state index in [2.05, 4.69) is 4.90 Å². The molecule has 1 heterocycles. The van der Waals surface area contributed by atoms with E-state index in [0.29, 0.717) is 39.3 Å². The summed E-state index contributed by atoms with van der Waals surface area (Å²) in [4.78, 5) is 2.07. The Balaban J connectivity index is 1.99. The molecular formula is C14H23N3O3S. The molecule has 0 saturated carbocycles. The quantitative estimate of drug-likeness (QED) is 0.745. The highest BCUT2D eigenvalue weighted by Gasteiger charge is 2.26. The normalized spacial score (nSPS) is 18.0. The molecule has 118 valence electrons. The molecule has 0 atom stereocenters. The van der Waals surface area contributed by atoms with Crippen LogP contribution in [0.3, 0.4) is 0 Å². The lowest BCUT2D eigenvalue weighted by atomic mass is 10.1. The van der Waals surface area contributed by atoms with Crippen LogP contribution in [0.4, 0.5) is 0 Å². The minimum Gasteiger partial charge on any atom is -0.395 e. The molecule has 0 aliphatic carbocycles. The van der Waals surface area contributed by atoms with Gasteiger partial charge in [-0.15, -0.1) is 0 Å². The van der Waals surface area contributed by atoms with Crippen LogP contribution in [0.25, 0.3) is 0 Å². The van der Waals surface area contributed by atoms with Gasteiger partial charge >= 0.3 is 0 Å². The van der Waals surface area contributed by atoms with E-state index in [4.69, 9.17) is 10.8 Å². The monoisotopic (exact) mass is 313 g/mol. The highest BCUT2D eigenvalue weighted by molar-refractivity contribution is 7.88. The van der Waals surface area contributed by atoms with Gasteiger partial charge in [0.15, 0.2) is 0 Å². The number of hydrogen-bond acceptors (Lipinski definition) is 5. The number of nitrogens with two attached hydrogens (primary N) is 1. The molecular weight excluding hydrogens is 290 g/mol. The molecule has 0 unspecified atom stereocenters. The summed E-state index contributed by atoms with van der Waals surface area (Å²) in [6.07, 6.45) is 0. The largest absolute Gasteiger partial charge is 0.395 e. The van der Waals surface area contributed by atoms with E-state index in [1.807, 2.05) is 24.3 Å². The van der Waals surface area contributed by atoms with Crippen molar-refractivity contribution in [3.8, 4) is 0 Å². The van der Waals surface area contributed by atoms with Crippen LogP contribution in [0.1, 0.15) is 11.1 Å². The number of benzene rings is 1. The van der Waals surface area contributed by atoms with Crippen molar-refractivity contribution in [2.45, 2.75) is 12.3 Å². The first kappa shape index (κ1) is 16.4. The van der Waals surface area contributed by atoms with E-state index < -0.39 is 10.0 Å². The molecule has 7 heteroatoms. The first-order chi connectivity index (χ1) is 10.0.